The second kappa shape index (κ2) is 33.7. The van der Waals surface area contributed by atoms with Crippen molar-refractivity contribution in [1.82, 2.24) is 34.3 Å². The lowest BCUT2D eigenvalue weighted by atomic mass is 9.65. The van der Waals surface area contributed by atoms with E-state index in [9.17, 15) is 4.79 Å². The van der Waals surface area contributed by atoms with Gasteiger partial charge in [-0.1, -0.05) is 116 Å². The average molecular weight is 1350 g/mol. The Hall–Kier alpha value is -2.17. The summed E-state index contributed by atoms with van der Waals surface area (Å²) < 4.78 is 0. The molecule has 2 aromatic rings. The molecule has 9 aliphatic rings. The molecule has 2 saturated carbocycles. The predicted octanol–water partition coefficient (Wildman–Crippen LogP) is 23.0. The van der Waals surface area contributed by atoms with Crippen LogP contribution in [0.4, 0.5) is 0 Å². The number of carbonyl (C=O) groups excluding carboxylic acids is 1. The molecule has 7 fully saturated rings. The Labute approximate surface area is 604 Å². The molecule has 2 aromatic carbocycles. The first-order chi connectivity index (χ1) is 44.4. The number of piperidine rings is 3. The molecule has 7 unspecified atom stereocenters. The molecule has 0 radical (unpaired) electrons. The van der Waals surface area contributed by atoms with E-state index in [1.807, 2.05) is 0 Å². The summed E-state index contributed by atoms with van der Waals surface area (Å²) in [7, 11) is 0. The van der Waals surface area contributed by atoms with Gasteiger partial charge in [-0.2, -0.15) is 0 Å². The van der Waals surface area contributed by atoms with E-state index in [0.717, 1.165) is 62.8 Å². The van der Waals surface area contributed by atoms with Crippen molar-refractivity contribution in [3.63, 3.8) is 0 Å². The van der Waals surface area contributed by atoms with E-state index in [2.05, 4.69) is 304 Å². The summed E-state index contributed by atoms with van der Waals surface area (Å²) in [6.07, 6.45) is 25.2. The van der Waals surface area contributed by atoms with Crippen LogP contribution < -0.4 is 0 Å². The highest BCUT2D eigenvalue weighted by atomic mass is 16.1. The Bertz CT molecular complexity index is 2690. The standard InChI is InChI=1S/C16H25N.C14H27N.C13H19N.C12H23N.C12H25N.C11H21NO.C11H23N/c1-12-13-9-7-8-10-14(13)16(5,6)11-17(12)15(2,3)4;1-12(2,3)15-10-8-11-7-9-14(15,6)13(11,4)5;1-10-12-8-6-5-7-11(12)9-14(10)13(2,3)4;1-11(2,3)13-10-6-4-5-7-12(13)8-9-12;1-6-11-8-7-10(2)13(9-11)12(3,4)5;1-9-5-6-10(13)7-8-12(9)11(2,3)4;1-5-10-8-6-7-9-12(10)11(2,3)4/h7-10,12H,11H2,1-6H3;11H,7-10H2,1-6H3;5-8,10H,9H2,1-4H3;4-10H2,1-3H3;10-11H,6-9H2,1-5H3;9H,5-8H2,1-4H3;10H,5-9H2,1-4H3/t;;;;;;10-/m......1/s1. The molecule has 0 N–H and O–H groups in total. The second-order valence-electron chi connectivity index (χ2n) is 40.8. The maximum atomic E-state index is 11.3. The molecule has 2 bridgehead atoms. The van der Waals surface area contributed by atoms with E-state index >= 15 is 0 Å². The molecule has 11 rings (SSSR count). The van der Waals surface area contributed by atoms with Gasteiger partial charge in [0.2, 0.25) is 0 Å². The van der Waals surface area contributed by atoms with Crippen molar-refractivity contribution in [2.75, 3.05) is 39.3 Å². The van der Waals surface area contributed by atoms with E-state index < -0.39 is 0 Å². The number of likely N-dealkylation sites (tertiary alicyclic amines) is 5. The maximum absolute atomic E-state index is 11.3. The van der Waals surface area contributed by atoms with E-state index in [1.54, 1.807) is 0 Å². The van der Waals surface area contributed by atoms with Crippen molar-refractivity contribution in [1.29, 1.82) is 0 Å². The van der Waals surface area contributed by atoms with Crippen molar-refractivity contribution in [3.8, 4) is 0 Å². The zero-order chi connectivity index (χ0) is 73.5. The van der Waals surface area contributed by atoms with Crippen LogP contribution in [0.3, 0.4) is 0 Å². The van der Waals surface area contributed by atoms with Crippen LogP contribution in [-0.2, 0) is 16.8 Å². The molecule has 97 heavy (non-hydrogen) atoms. The normalized spacial score (nSPS) is 29.1. The van der Waals surface area contributed by atoms with Crippen molar-refractivity contribution in [3.05, 3.63) is 70.8 Å². The minimum Gasteiger partial charge on any atom is -0.300 e. The second-order valence-corrected chi connectivity index (χ2v) is 40.8. The van der Waals surface area contributed by atoms with Crippen molar-refractivity contribution < 1.29 is 4.79 Å². The number of nitrogens with zero attached hydrogens (tertiary/aromatic N) is 7. The van der Waals surface area contributed by atoms with Gasteiger partial charge in [-0.3, -0.25) is 39.1 Å². The monoisotopic (exact) mass is 1350 g/mol. The number of hydrogen-bond donors (Lipinski definition) is 0. The van der Waals surface area contributed by atoms with Gasteiger partial charge >= 0.3 is 0 Å². The zero-order valence-corrected chi connectivity index (χ0v) is 70.6. The predicted molar refractivity (Wildman–Crippen MR) is 425 cm³/mol. The van der Waals surface area contributed by atoms with Crippen LogP contribution in [-0.4, -0.2) is 147 Å². The Morgan fingerprint density at radius 3 is 1.47 bits per heavy atom. The van der Waals surface area contributed by atoms with Crippen LogP contribution in [0.15, 0.2) is 48.5 Å². The molecule has 8 atom stereocenters. The molecular formula is C89H163N7O. The number of carbonyl (C=O) groups is 1. The number of fused-ring (bicyclic) bond motifs is 4. The van der Waals surface area contributed by atoms with Gasteiger partial charge < -0.3 is 0 Å². The van der Waals surface area contributed by atoms with Crippen LogP contribution in [0, 0.1) is 17.3 Å². The lowest BCUT2D eigenvalue weighted by Crippen LogP contribution is -2.64. The first-order valence-corrected chi connectivity index (χ1v) is 40.5. The third kappa shape index (κ3) is 22.7. The van der Waals surface area contributed by atoms with Gasteiger partial charge in [0.15, 0.2) is 0 Å². The van der Waals surface area contributed by atoms with Gasteiger partial charge in [0.05, 0.1) is 0 Å². The van der Waals surface area contributed by atoms with Gasteiger partial charge in [0.25, 0.3) is 0 Å². The number of rotatable bonds is 2. The van der Waals surface area contributed by atoms with Gasteiger partial charge in [0, 0.05) is 124 Å². The van der Waals surface area contributed by atoms with Crippen molar-refractivity contribution >= 4 is 5.78 Å². The van der Waals surface area contributed by atoms with Crippen molar-refractivity contribution in [2.24, 2.45) is 17.3 Å². The van der Waals surface area contributed by atoms with Gasteiger partial charge in [-0.05, 0) is 323 Å². The maximum Gasteiger partial charge on any atom is 0.134 e. The Morgan fingerprint density at radius 2 is 0.959 bits per heavy atom. The quantitative estimate of drug-likeness (QED) is 0.295. The van der Waals surface area contributed by atoms with Gasteiger partial charge in [0.1, 0.15) is 5.78 Å². The third-order valence-electron chi connectivity index (χ3n) is 25.7. The smallest absolute Gasteiger partial charge is 0.134 e. The fraction of sp³-hybridized carbons (Fsp3) is 0.854. The molecule has 1 spiro atoms. The highest BCUT2D eigenvalue weighted by Gasteiger charge is 2.59. The van der Waals surface area contributed by atoms with Crippen LogP contribution in [0.5, 0.6) is 0 Å². The first kappa shape index (κ1) is 85.5. The summed E-state index contributed by atoms with van der Waals surface area (Å²) in [5.74, 6) is 2.33. The lowest BCUT2D eigenvalue weighted by Gasteiger charge is -2.58. The Balaban J connectivity index is 0.000000205. The molecule has 7 aliphatic heterocycles. The fourth-order valence-electron chi connectivity index (χ4n) is 19.5. The van der Waals surface area contributed by atoms with E-state index in [4.69, 9.17) is 0 Å². The Morgan fingerprint density at radius 1 is 0.433 bits per heavy atom. The lowest BCUT2D eigenvalue weighted by molar-refractivity contribution is -0.118. The van der Waals surface area contributed by atoms with Gasteiger partial charge in [-0.15, -0.1) is 0 Å². The minimum atomic E-state index is 0.198. The van der Waals surface area contributed by atoms with Gasteiger partial charge in [-0.25, -0.2) is 0 Å². The molecule has 8 nitrogen and oxygen atoms in total. The van der Waals surface area contributed by atoms with Crippen LogP contribution >= 0.6 is 0 Å². The third-order valence-corrected chi connectivity index (χ3v) is 25.7. The van der Waals surface area contributed by atoms with E-state index in [1.165, 1.54) is 151 Å². The molecule has 5 saturated heterocycles. The fourth-order valence-corrected chi connectivity index (χ4v) is 19.5. The van der Waals surface area contributed by atoms with Crippen LogP contribution in [0.25, 0.3) is 0 Å². The van der Waals surface area contributed by atoms with E-state index in [0.29, 0.717) is 62.6 Å². The molecule has 2 aliphatic carbocycles. The molecule has 0 aromatic heterocycles. The summed E-state index contributed by atoms with van der Waals surface area (Å²) >= 11 is 0. The molecule has 0 amide bonds. The summed E-state index contributed by atoms with van der Waals surface area (Å²) in [6.45, 7) is 83.2. The SMILES string of the molecule is CC(C)(C)N1CCC2CCC1(C)C2(C)C.CC(C)(C)N1CCCCCC12CC2.CC1CCC(=O)CCN1C(C)(C)C.CC1c2ccccc2C(C)(C)CN1C(C)(C)C.CC1c2ccccc2CN1C(C)(C)C.CCC1CCC(C)N(C(C)(C)C)C1.CC[C@@H]1CCCCN1C(C)(C)C. The molecule has 7 heterocycles. The number of hydrogen-bond acceptors (Lipinski definition) is 8. The first-order valence-electron chi connectivity index (χ1n) is 40.5. The summed E-state index contributed by atoms with van der Waals surface area (Å²) in [5, 5.41) is 0. The average Bonchev–Trinajstić information content (AvgIpc) is 1.65. The molecular weight excluding hydrogens is 1180 g/mol. The highest BCUT2D eigenvalue weighted by Crippen LogP contribution is 2.59. The number of benzene rings is 2. The topological polar surface area (TPSA) is 39.8 Å². The number of ketones is 1. The van der Waals surface area contributed by atoms with Crippen LogP contribution in [0.1, 0.15) is 378 Å². The Kier molecular flexibility index (Phi) is 29.7. The largest absolute Gasteiger partial charge is 0.300 e. The highest BCUT2D eigenvalue weighted by molar-refractivity contribution is 5.78. The van der Waals surface area contributed by atoms with E-state index in [-0.39, 0.29) is 22.0 Å². The van der Waals surface area contributed by atoms with Crippen molar-refractivity contribution in [2.45, 2.75) is 436 Å². The minimum absolute atomic E-state index is 0.198. The number of Topliss-reactive ketones (excluding diaryl/α,β-unsaturated/α-hetero) is 1. The zero-order valence-electron chi connectivity index (χ0n) is 70.6. The summed E-state index contributed by atoms with van der Waals surface area (Å²) in [5.41, 5.74) is 9.96. The van der Waals surface area contributed by atoms with Crippen LogP contribution in [0.2, 0.25) is 0 Å². The summed E-state index contributed by atoms with van der Waals surface area (Å²) in [4.78, 5) is 29.8. The molecule has 8 heteroatoms. The summed E-state index contributed by atoms with van der Waals surface area (Å²) in [6, 6.07) is 20.9. The molecule has 560 valence electrons.